The van der Waals surface area contributed by atoms with E-state index in [-0.39, 0.29) is 5.91 Å². The lowest BCUT2D eigenvalue weighted by Gasteiger charge is -2.21. The van der Waals surface area contributed by atoms with Crippen LogP contribution in [0.2, 0.25) is 0 Å². The Morgan fingerprint density at radius 2 is 2.05 bits per heavy atom. The van der Waals surface area contributed by atoms with Crippen molar-refractivity contribution in [2.45, 2.75) is 70.8 Å². The second-order valence-corrected chi connectivity index (χ2v) is 6.74. The summed E-state index contributed by atoms with van der Waals surface area (Å²) in [5, 5.41) is 3.09. The predicted octanol–water partition coefficient (Wildman–Crippen LogP) is 3.16. The molecule has 4 nitrogen and oxygen atoms in total. The van der Waals surface area contributed by atoms with E-state index in [9.17, 15) is 4.79 Å². The Labute approximate surface area is 127 Å². The van der Waals surface area contributed by atoms with Gasteiger partial charge in [-0.2, -0.15) is 0 Å². The highest BCUT2D eigenvalue weighted by Crippen LogP contribution is 2.39. The molecule has 21 heavy (non-hydrogen) atoms. The topological polar surface area (TPSA) is 46.9 Å². The van der Waals surface area contributed by atoms with Crippen LogP contribution in [0.1, 0.15) is 68.8 Å². The van der Waals surface area contributed by atoms with E-state index >= 15 is 0 Å². The Balaban J connectivity index is 1.43. The summed E-state index contributed by atoms with van der Waals surface area (Å²) in [5.74, 6) is 2.73. The van der Waals surface area contributed by atoms with Gasteiger partial charge in [0, 0.05) is 37.3 Å². The summed E-state index contributed by atoms with van der Waals surface area (Å²) in [6.07, 6.45) is 11.6. The van der Waals surface area contributed by atoms with Crippen molar-refractivity contribution in [2.24, 2.45) is 5.92 Å². The maximum Gasteiger partial charge on any atom is 0.220 e. The van der Waals surface area contributed by atoms with Crippen LogP contribution in [0.4, 0.5) is 0 Å². The zero-order valence-corrected chi connectivity index (χ0v) is 13.1. The Kier molecular flexibility index (Phi) is 4.61. The largest absolute Gasteiger partial charge is 0.354 e. The number of hydrogen-bond acceptors (Lipinski definition) is 2. The fourth-order valence-electron chi connectivity index (χ4n) is 3.47. The quantitative estimate of drug-likeness (QED) is 0.874. The van der Waals surface area contributed by atoms with Crippen molar-refractivity contribution in [3.63, 3.8) is 0 Å². The molecular formula is C17H27N3O. The maximum absolute atomic E-state index is 12.0. The third-order valence-corrected chi connectivity index (χ3v) is 4.88. The second kappa shape index (κ2) is 6.63. The molecule has 2 aliphatic carbocycles. The molecule has 0 aliphatic heterocycles. The van der Waals surface area contributed by atoms with Crippen molar-refractivity contribution in [2.75, 3.05) is 6.54 Å². The van der Waals surface area contributed by atoms with Gasteiger partial charge >= 0.3 is 0 Å². The van der Waals surface area contributed by atoms with Gasteiger partial charge in [0.1, 0.15) is 5.82 Å². The first kappa shape index (κ1) is 14.6. The van der Waals surface area contributed by atoms with Crippen LogP contribution in [0, 0.1) is 12.8 Å². The highest BCUT2D eigenvalue weighted by molar-refractivity contribution is 5.76. The summed E-state index contributed by atoms with van der Waals surface area (Å²) in [7, 11) is 0. The Morgan fingerprint density at radius 1 is 1.29 bits per heavy atom. The van der Waals surface area contributed by atoms with E-state index in [0.29, 0.717) is 11.8 Å². The van der Waals surface area contributed by atoms with E-state index in [2.05, 4.69) is 21.8 Å². The molecule has 1 aromatic heterocycles. The van der Waals surface area contributed by atoms with Gasteiger partial charge in [-0.15, -0.1) is 0 Å². The van der Waals surface area contributed by atoms with Gasteiger partial charge in [-0.3, -0.25) is 4.79 Å². The van der Waals surface area contributed by atoms with Crippen LogP contribution in [0.15, 0.2) is 6.20 Å². The number of rotatable bonds is 6. The van der Waals surface area contributed by atoms with E-state index in [1.54, 1.807) is 0 Å². The molecule has 1 heterocycles. The number of nitrogens with one attached hydrogen (secondary N) is 1. The molecule has 4 heteroatoms. The van der Waals surface area contributed by atoms with E-state index in [1.165, 1.54) is 56.5 Å². The van der Waals surface area contributed by atoms with E-state index in [1.807, 2.05) is 6.20 Å². The first-order valence-electron chi connectivity index (χ1n) is 8.53. The molecule has 3 rings (SSSR count). The fourth-order valence-corrected chi connectivity index (χ4v) is 3.47. The van der Waals surface area contributed by atoms with Gasteiger partial charge in [-0.25, -0.2) is 4.98 Å². The van der Waals surface area contributed by atoms with Crippen LogP contribution in [0.5, 0.6) is 0 Å². The van der Waals surface area contributed by atoms with Crippen molar-refractivity contribution in [1.29, 1.82) is 0 Å². The summed E-state index contributed by atoms with van der Waals surface area (Å²) < 4.78 is 2.28. The minimum Gasteiger partial charge on any atom is -0.354 e. The molecule has 1 amide bonds. The molecule has 0 spiro atoms. The Morgan fingerprint density at radius 3 is 2.76 bits per heavy atom. The molecule has 116 valence electrons. The third-order valence-electron chi connectivity index (χ3n) is 4.88. The van der Waals surface area contributed by atoms with Crippen LogP contribution in [-0.2, 0) is 11.3 Å². The lowest BCUT2D eigenvalue weighted by atomic mass is 9.87. The molecular weight excluding hydrogens is 262 g/mol. The SMILES string of the molecule is Cc1cnc(C2CC2)n1CCNC(=O)CC1CCCCC1. The van der Waals surface area contributed by atoms with Crippen molar-refractivity contribution >= 4 is 5.91 Å². The Hall–Kier alpha value is -1.32. The normalized spacial score (nSPS) is 19.7. The molecule has 0 unspecified atom stereocenters. The van der Waals surface area contributed by atoms with Gasteiger partial charge < -0.3 is 9.88 Å². The number of nitrogens with zero attached hydrogens (tertiary/aromatic N) is 2. The number of carbonyl (C=O) groups is 1. The van der Waals surface area contributed by atoms with E-state index < -0.39 is 0 Å². The van der Waals surface area contributed by atoms with Gasteiger partial charge in [-0.05, 0) is 38.5 Å². The van der Waals surface area contributed by atoms with Crippen molar-refractivity contribution in [3.8, 4) is 0 Å². The van der Waals surface area contributed by atoms with Crippen molar-refractivity contribution < 1.29 is 4.79 Å². The molecule has 2 aliphatic rings. The minimum atomic E-state index is 0.229. The summed E-state index contributed by atoms with van der Waals surface area (Å²) in [5.41, 5.74) is 1.21. The smallest absolute Gasteiger partial charge is 0.220 e. The summed E-state index contributed by atoms with van der Waals surface area (Å²) in [6.45, 7) is 3.68. The van der Waals surface area contributed by atoms with Crippen LogP contribution >= 0.6 is 0 Å². The van der Waals surface area contributed by atoms with Gasteiger partial charge in [0.05, 0.1) is 0 Å². The van der Waals surface area contributed by atoms with Gasteiger partial charge in [0.15, 0.2) is 0 Å². The fraction of sp³-hybridized carbons (Fsp3) is 0.765. The molecule has 1 aromatic rings. The van der Waals surface area contributed by atoms with Gasteiger partial charge in [0.2, 0.25) is 5.91 Å². The van der Waals surface area contributed by atoms with Crippen molar-refractivity contribution in [3.05, 3.63) is 17.7 Å². The molecule has 0 atom stereocenters. The number of aryl methyl sites for hydroxylation is 1. The maximum atomic E-state index is 12.0. The van der Waals surface area contributed by atoms with Gasteiger partial charge in [0.25, 0.3) is 0 Å². The number of hydrogen-bond donors (Lipinski definition) is 1. The molecule has 0 bridgehead atoms. The monoisotopic (exact) mass is 289 g/mol. The molecule has 2 fully saturated rings. The average Bonchev–Trinajstić information content (AvgIpc) is 3.26. The molecule has 0 radical (unpaired) electrons. The van der Waals surface area contributed by atoms with Gasteiger partial charge in [-0.1, -0.05) is 19.3 Å². The van der Waals surface area contributed by atoms with Crippen LogP contribution < -0.4 is 5.32 Å². The zero-order valence-electron chi connectivity index (χ0n) is 13.1. The van der Waals surface area contributed by atoms with Crippen LogP contribution in [-0.4, -0.2) is 22.0 Å². The zero-order chi connectivity index (χ0) is 14.7. The highest BCUT2D eigenvalue weighted by Gasteiger charge is 2.28. The summed E-state index contributed by atoms with van der Waals surface area (Å²) in [4.78, 5) is 16.5. The standard InChI is InChI=1S/C17H27N3O/c1-13-12-19-17(15-7-8-15)20(13)10-9-18-16(21)11-14-5-3-2-4-6-14/h12,14-15H,2-11H2,1H3,(H,18,21). The first-order chi connectivity index (χ1) is 10.2. The number of carbonyl (C=O) groups excluding carboxylic acids is 1. The number of amides is 1. The molecule has 1 N–H and O–H groups in total. The summed E-state index contributed by atoms with van der Waals surface area (Å²) >= 11 is 0. The predicted molar refractivity (Wildman–Crippen MR) is 83.1 cm³/mol. The van der Waals surface area contributed by atoms with Crippen LogP contribution in [0.3, 0.4) is 0 Å². The van der Waals surface area contributed by atoms with E-state index in [4.69, 9.17) is 0 Å². The third kappa shape index (κ3) is 3.86. The molecule has 0 saturated heterocycles. The number of aromatic nitrogens is 2. The molecule has 0 aromatic carbocycles. The minimum absolute atomic E-state index is 0.229. The lowest BCUT2D eigenvalue weighted by molar-refractivity contribution is -0.122. The van der Waals surface area contributed by atoms with Crippen molar-refractivity contribution in [1.82, 2.24) is 14.9 Å². The summed E-state index contributed by atoms with van der Waals surface area (Å²) in [6, 6.07) is 0. The molecule has 2 saturated carbocycles. The Bertz CT molecular complexity index is 484. The second-order valence-electron chi connectivity index (χ2n) is 6.74. The lowest BCUT2D eigenvalue weighted by Crippen LogP contribution is -2.29. The number of imidazole rings is 1. The van der Waals surface area contributed by atoms with E-state index in [0.717, 1.165) is 19.5 Å². The average molecular weight is 289 g/mol. The highest BCUT2D eigenvalue weighted by atomic mass is 16.1. The van der Waals surface area contributed by atoms with Crippen LogP contribution in [0.25, 0.3) is 0 Å². The first-order valence-corrected chi connectivity index (χ1v) is 8.53.